The zero-order valence-corrected chi connectivity index (χ0v) is 9.72. The predicted octanol–water partition coefficient (Wildman–Crippen LogP) is 0.574. The molecular formula is C11H14N6. The predicted molar refractivity (Wildman–Crippen MR) is 59.5 cm³/mol. The summed E-state index contributed by atoms with van der Waals surface area (Å²) in [5, 5.41) is 25.1. The Balaban J connectivity index is 1.91. The van der Waals surface area contributed by atoms with Crippen LogP contribution in [0.3, 0.4) is 0 Å². The minimum Gasteiger partial charge on any atom is -0.297 e. The molecule has 1 atom stereocenters. The lowest BCUT2D eigenvalue weighted by molar-refractivity contribution is 0.379. The highest BCUT2D eigenvalue weighted by molar-refractivity contribution is 5.08. The van der Waals surface area contributed by atoms with E-state index in [2.05, 4.69) is 21.5 Å². The first-order valence-corrected chi connectivity index (χ1v) is 5.64. The number of aryl methyl sites for hydroxylation is 1. The van der Waals surface area contributed by atoms with Crippen LogP contribution < -0.4 is 5.32 Å². The Kier molecular flexibility index (Phi) is 3.08. The second kappa shape index (κ2) is 4.52. The fourth-order valence-corrected chi connectivity index (χ4v) is 1.63. The van der Waals surface area contributed by atoms with E-state index in [0.717, 1.165) is 12.8 Å². The van der Waals surface area contributed by atoms with Gasteiger partial charge in [-0.1, -0.05) is 0 Å². The quantitative estimate of drug-likeness (QED) is 0.798. The minimum absolute atomic E-state index is 0.166. The third-order valence-corrected chi connectivity index (χ3v) is 2.82. The molecule has 0 bridgehead atoms. The molecule has 1 aromatic heterocycles. The molecule has 2 rings (SSSR count). The summed E-state index contributed by atoms with van der Waals surface area (Å²) in [5.74, 6) is 0.166. The van der Waals surface area contributed by atoms with Crippen molar-refractivity contribution in [1.29, 1.82) is 10.5 Å². The average Bonchev–Trinajstić information content (AvgIpc) is 3.02. The Morgan fingerprint density at radius 1 is 1.59 bits per heavy atom. The van der Waals surface area contributed by atoms with Crippen LogP contribution in [0.5, 0.6) is 0 Å². The van der Waals surface area contributed by atoms with Gasteiger partial charge in [0.15, 0.2) is 0 Å². The Bertz CT molecular complexity index is 475. The maximum Gasteiger partial charge on any atom is 0.252 e. The van der Waals surface area contributed by atoms with E-state index >= 15 is 0 Å². The first-order chi connectivity index (χ1) is 8.15. The van der Waals surface area contributed by atoms with Gasteiger partial charge in [-0.15, -0.1) is 5.10 Å². The summed E-state index contributed by atoms with van der Waals surface area (Å²) in [6, 6.07) is 4.67. The molecule has 6 heteroatoms. The third kappa shape index (κ3) is 3.02. The summed E-state index contributed by atoms with van der Waals surface area (Å²) in [6.07, 6.45) is 4.47. The van der Waals surface area contributed by atoms with Gasteiger partial charge in [0.2, 0.25) is 0 Å². The molecule has 1 saturated carbocycles. The molecule has 0 amide bonds. The Morgan fingerprint density at radius 3 is 2.88 bits per heavy atom. The fourth-order valence-electron chi connectivity index (χ4n) is 1.63. The van der Waals surface area contributed by atoms with Crippen LogP contribution in [-0.4, -0.2) is 26.3 Å². The van der Waals surface area contributed by atoms with Crippen LogP contribution in [0.2, 0.25) is 0 Å². The number of nitrogens with one attached hydrogen (secondary N) is 1. The van der Waals surface area contributed by atoms with Crippen molar-refractivity contribution < 1.29 is 0 Å². The van der Waals surface area contributed by atoms with Crippen molar-refractivity contribution >= 4 is 0 Å². The second-order valence-corrected chi connectivity index (χ2v) is 4.56. The SMILES string of the molecule is CC(C#N)(CCn1cnc(C#N)n1)NC1CC1. The summed E-state index contributed by atoms with van der Waals surface area (Å²) < 4.78 is 1.60. The number of aromatic nitrogens is 3. The molecular weight excluding hydrogens is 216 g/mol. The first kappa shape index (κ1) is 11.6. The molecule has 0 radical (unpaired) electrons. The van der Waals surface area contributed by atoms with Crippen molar-refractivity contribution in [3.05, 3.63) is 12.2 Å². The topological polar surface area (TPSA) is 90.3 Å². The molecule has 1 N–H and O–H groups in total. The molecule has 1 fully saturated rings. The molecule has 1 heterocycles. The highest BCUT2D eigenvalue weighted by Gasteiger charge is 2.32. The molecule has 0 aliphatic heterocycles. The summed E-state index contributed by atoms with van der Waals surface area (Å²) in [4.78, 5) is 3.82. The van der Waals surface area contributed by atoms with E-state index in [1.165, 1.54) is 6.33 Å². The van der Waals surface area contributed by atoms with Crippen molar-refractivity contribution in [1.82, 2.24) is 20.1 Å². The summed E-state index contributed by atoms with van der Waals surface area (Å²) >= 11 is 0. The van der Waals surface area contributed by atoms with Gasteiger partial charge in [-0.3, -0.25) is 10.00 Å². The third-order valence-electron chi connectivity index (χ3n) is 2.82. The first-order valence-electron chi connectivity index (χ1n) is 5.64. The van der Waals surface area contributed by atoms with Crippen molar-refractivity contribution in [2.24, 2.45) is 0 Å². The second-order valence-electron chi connectivity index (χ2n) is 4.56. The largest absolute Gasteiger partial charge is 0.297 e. The average molecular weight is 230 g/mol. The van der Waals surface area contributed by atoms with Crippen LogP contribution in [0.25, 0.3) is 0 Å². The van der Waals surface area contributed by atoms with Gasteiger partial charge in [0.1, 0.15) is 17.9 Å². The standard InChI is InChI=1S/C11H14N6/c1-11(7-13,15-9-2-3-9)4-5-17-8-14-10(6-12)16-17/h8-9,15H,2-5H2,1H3. The van der Waals surface area contributed by atoms with Crippen LogP contribution in [0.15, 0.2) is 6.33 Å². The lowest BCUT2D eigenvalue weighted by atomic mass is 10.00. The normalized spacial score (nSPS) is 18.1. The molecule has 17 heavy (non-hydrogen) atoms. The molecule has 0 aromatic carbocycles. The molecule has 1 aliphatic rings. The van der Waals surface area contributed by atoms with Gasteiger partial charge < -0.3 is 0 Å². The van der Waals surface area contributed by atoms with E-state index in [1.54, 1.807) is 4.68 Å². The fraction of sp³-hybridized carbons (Fsp3) is 0.636. The van der Waals surface area contributed by atoms with E-state index < -0.39 is 5.54 Å². The molecule has 1 unspecified atom stereocenters. The van der Waals surface area contributed by atoms with E-state index in [-0.39, 0.29) is 5.82 Å². The van der Waals surface area contributed by atoms with E-state index in [0.29, 0.717) is 19.0 Å². The van der Waals surface area contributed by atoms with Crippen LogP contribution in [0.1, 0.15) is 32.0 Å². The monoisotopic (exact) mass is 230 g/mol. The van der Waals surface area contributed by atoms with E-state index in [1.807, 2.05) is 13.0 Å². The Morgan fingerprint density at radius 2 is 2.35 bits per heavy atom. The highest BCUT2D eigenvalue weighted by atomic mass is 15.3. The highest BCUT2D eigenvalue weighted by Crippen LogP contribution is 2.23. The molecule has 1 aromatic rings. The van der Waals surface area contributed by atoms with Gasteiger partial charge >= 0.3 is 0 Å². The lowest BCUT2D eigenvalue weighted by Crippen LogP contribution is -2.43. The van der Waals surface area contributed by atoms with Crippen molar-refractivity contribution in [3.63, 3.8) is 0 Å². The Labute approximate surface area is 99.9 Å². The minimum atomic E-state index is -0.528. The lowest BCUT2D eigenvalue weighted by Gasteiger charge is -2.22. The number of nitrogens with zero attached hydrogens (tertiary/aromatic N) is 5. The van der Waals surface area contributed by atoms with Crippen LogP contribution >= 0.6 is 0 Å². The van der Waals surface area contributed by atoms with Crippen molar-refractivity contribution in [2.45, 2.75) is 44.3 Å². The number of rotatable bonds is 5. The van der Waals surface area contributed by atoms with Crippen molar-refractivity contribution in [2.75, 3.05) is 0 Å². The van der Waals surface area contributed by atoms with E-state index in [9.17, 15) is 5.26 Å². The molecule has 6 nitrogen and oxygen atoms in total. The van der Waals surface area contributed by atoms with Gasteiger partial charge in [0, 0.05) is 12.6 Å². The zero-order valence-electron chi connectivity index (χ0n) is 9.72. The van der Waals surface area contributed by atoms with E-state index in [4.69, 9.17) is 5.26 Å². The summed E-state index contributed by atoms with van der Waals surface area (Å²) in [7, 11) is 0. The number of nitriles is 2. The summed E-state index contributed by atoms with van der Waals surface area (Å²) in [6.45, 7) is 2.48. The molecule has 1 aliphatic carbocycles. The van der Waals surface area contributed by atoms with Crippen LogP contribution in [-0.2, 0) is 6.54 Å². The van der Waals surface area contributed by atoms with Gasteiger partial charge in [0.05, 0.1) is 6.07 Å². The maximum atomic E-state index is 9.18. The van der Waals surface area contributed by atoms with Gasteiger partial charge in [-0.25, -0.2) is 4.98 Å². The summed E-state index contributed by atoms with van der Waals surface area (Å²) in [5.41, 5.74) is -0.528. The number of hydrogen-bond donors (Lipinski definition) is 1. The van der Waals surface area contributed by atoms with Crippen LogP contribution in [0, 0.1) is 22.7 Å². The van der Waals surface area contributed by atoms with Gasteiger partial charge in [0.25, 0.3) is 5.82 Å². The Hall–Kier alpha value is -1.92. The molecule has 0 saturated heterocycles. The smallest absolute Gasteiger partial charge is 0.252 e. The molecule has 0 spiro atoms. The van der Waals surface area contributed by atoms with Gasteiger partial charge in [-0.2, -0.15) is 10.5 Å². The van der Waals surface area contributed by atoms with Gasteiger partial charge in [-0.05, 0) is 26.2 Å². The maximum absolute atomic E-state index is 9.18. The van der Waals surface area contributed by atoms with Crippen LogP contribution in [0.4, 0.5) is 0 Å². The van der Waals surface area contributed by atoms with Crippen molar-refractivity contribution in [3.8, 4) is 12.1 Å². The molecule has 88 valence electrons. The number of hydrogen-bond acceptors (Lipinski definition) is 5. The zero-order chi connectivity index (χ0) is 12.3.